The van der Waals surface area contributed by atoms with Gasteiger partial charge < -0.3 is 14.2 Å². The second-order valence-electron chi connectivity index (χ2n) is 7.89. The Labute approximate surface area is 217 Å². The molecule has 3 aromatic rings. The minimum Gasteiger partial charge on any atom is -0.494 e. The number of carbonyl (C=O) groups is 1. The number of sulfonamides is 1. The number of carbonyl (C=O) groups excluding carboxylic acids is 1. The number of nitrogens with zero attached hydrogens (tertiary/aromatic N) is 2. The largest absolute Gasteiger partial charge is 0.494 e. The molecule has 0 saturated carbocycles. The van der Waals surface area contributed by atoms with Crippen LogP contribution < -0.4 is 19.6 Å². The van der Waals surface area contributed by atoms with Gasteiger partial charge in [-0.15, -0.1) is 0 Å². The van der Waals surface area contributed by atoms with Crippen LogP contribution in [0.15, 0.2) is 82.8 Å². The van der Waals surface area contributed by atoms with Crippen LogP contribution in [0.2, 0.25) is 0 Å². The molecule has 10 heteroatoms. The number of hydrogen-bond acceptors (Lipinski definition) is 7. The Morgan fingerprint density at radius 1 is 0.973 bits per heavy atom. The number of benzene rings is 3. The Morgan fingerprint density at radius 2 is 1.68 bits per heavy atom. The summed E-state index contributed by atoms with van der Waals surface area (Å²) in [7, 11) is -1.14. The summed E-state index contributed by atoms with van der Waals surface area (Å²) in [5, 5.41) is 3.97. The van der Waals surface area contributed by atoms with Gasteiger partial charge in [0.25, 0.3) is 5.91 Å². The summed E-state index contributed by atoms with van der Waals surface area (Å²) in [5.41, 5.74) is 4.11. The molecule has 0 saturated heterocycles. The third-order valence-electron chi connectivity index (χ3n) is 5.40. The Kier molecular flexibility index (Phi) is 10.0. The number of methoxy groups -OCH3 is 2. The highest BCUT2D eigenvalue weighted by atomic mass is 32.2. The van der Waals surface area contributed by atoms with Crippen molar-refractivity contribution in [1.82, 2.24) is 9.73 Å². The zero-order chi connectivity index (χ0) is 26.7. The van der Waals surface area contributed by atoms with Crippen molar-refractivity contribution in [3.8, 4) is 17.2 Å². The van der Waals surface area contributed by atoms with Crippen LogP contribution in [-0.4, -0.2) is 58.8 Å². The van der Waals surface area contributed by atoms with Gasteiger partial charge in [0.2, 0.25) is 10.0 Å². The minimum atomic E-state index is -4.04. The smallest absolute Gasteiger partial charge is 0.255 e. The highest BCUT2D eigenvalue weighted by molar-refractivity contribution is 7.89. The van der Waals surface area contributed by atoms with Crippen LogP contribution >= 0.6 is 0 Å². The van der Waals surface area contributed by atoms with Gasteiger partial charge in [-0.2, -0.15) is 9.41 Å². The van der Waals surface area contributed by atoms with E-state index in [1.54, 1.807) is 24.3 Å². The van der Waals surface area contributed by atoms with E-state index in [-0.39, 0.29) is 17.2 Å². The number of amides is 1. The summed E-state index contributed by atoms with van der Waals surface area (Å²) < 4.78 is 44.1. The van der Waals surface area contributed by atoms with Crippen molar-refractivity contribution in [1.29, 1.82) is 0 Å². The standard InChI is InChI=1S/C27H31N3O6S/c1-4-36-23-12-10-22(11-13-23)19-28-29-27(31)20-30(17-16-21-8-6-5-7-9-21)37(32,33)24-14-15-25(34-2)26(18-24)35-3/h5-15,18-19H,4,16-17,20H2,1-3H3,(H,29,31)/b28-19-. The predicted molar refractivity (Wildman–Crippen MR) is 142 cm³/mol. The summed E-state index contributed by atoms with van der Waals surface area (Å²) in [6.45, 7) is 2.15. The number of hydrogen-bond donors (Lipinski definition) is 1. The fourth-order valence-electron chi connectivity index (χ4n) is 3.50. The quantitative estimate of drug-likeness (QED) is 0.271. The van der Waals surface area contributed by atoms with Crippen molar-refractivity contribution >= 4 is 22.1 Å². The molecule has 0 aliphatic carbocycles. The fourth-order valence-corrected chi connectivity index (χ4v) is 4.91. The van der Waals surface area contributed by atoms with Crippen LogP contribution in [0.3, 0.4) is 0 Å². The molecule has 0 aliphatic heterocycles. The van der Waals surface area contributed by atoms with Crippen LogP contribution in [0.1, 0.15) is 18.1 Å². The molecule has 9 nitrogen and oxygen atoms in total. The molecule has 196 valence electrons. The zero-order valence-electron chi connectivity index (χ0n) is 21.1. The predicted octanol–water partition coefficient (Wildman–Crippen LogP) is 3.49. The molecule has 0 aliphatic rings. The normalized spacial score (nSPS) is 11.5. The molecular weight excluding hydrogens is 494 g/mol. The monoisotopic (exact) mass is 525 g/mol. The molecule has 1 N–H and O–H groups in total. The van der Waals surface area contributed by atoms with Gasteiger partial charge in [-0.05, 0) is 60.9 Å². The number of ether oxygens (including phenoxy) is 3. The molecule has 0 spiro atoms. The van der Waals surface area contributed by atoms with Crippen LogP contribution in [0, 0.1) is 0 Å². The van der Waals surface area contributed by atoms with Crippen molar-refractivity contribution < 1.29 is 27.4 Å². The highest BCUT2D eigenvalue weighted by Crippen LogP contribution is 2.30. The van der Waals surface area contributed by atoms with E-state index in [9.17, 15) is 13.2 Å². The van der Waals surface area contributed by atoms with Crippen molar-refractivity contribution in [2.45, 2.75) is 18.2 Å². The summed E-state index contributed by atoms with van der Waals surface area (Å²) in [6, 6.07) is 21.0. The van der Waals surface area contributed by atoms with E-state index in [0.717, 1.165) is 21.2 Å². The number of rotatable bonds is 13. The summed E-state index contributed by atoms with van der Waals surface area (Å²) in [6.07, 6.45) is 1.90. The van der Waals surface area contributed by atoms with Crippen LogP contribution in [0.5, 0.6) is 17.2 Å². The first-order valence-corrected chi connectivity index (χ1v) is 13.1. The van der Waals surface area contributed by atoms with Crippen molar-refractivity contribution in [3.05, 3.63) is 83.9 Å². The van der Waals surface area contributed by atoms with Crippen molar-refractivity contribution in [2.75, 3.05) is 33.9 Å². The molecule has 0 radical (unpaired) electrons. The maximum absolute atomic E-state index is 13.5. The van der Waals surface area contributed by atoms with Gasteiger partial charge >= 0.3 is 0 Å². The second-order valence-corrected chi connectivity index (χ2v) is 9.82. The van der Waals surface area contributed by atoms with Crippen LogP contribution in [-0.2, 0) is 21.2 Å². The first-order chi connectivity index (χ1) is 17.9. The lowest BCUT2D eigenvalue weighted by atomic mass is 10.1. The second kappa shape index (κ2) is 13.4. The van der Waals surface area contributed by atoms with E-state index in [1.165, 1.54) is 38.6 Å². The molecule has 0 heterocycles. The maximum Gasteiger partial charge on any atom is 0.255 e. The average Bonchev–Trinajstić information content (AvgIpc) is 2.92. The molecule has 0 aromatic heterocycles. The Balaban J connectivity index is 1.76. The van der Waals surface area contributed by atoms with Crippen molar-refractivity contribution in [2.24, 2.45) is 5.10 Å². The number of nitrogens with one attached hydrogen (secondary N) is 1. The van der Waals surface area contributed by atoms with Gasteiger partial charge in [-0.25, -0.2) is 13.8 Å². The summed E-state index contributed by atoms with van der Waals surface area (Å²) in [5.74, 6) is 0.840. The first kappa shape index (κ1) is 27.7. The summed E-state index contributed by atoms with van der Waals surface area (Å²) >= 11 is 0. The fraction of sp³-hybridized carbons (Fsp3) is 0.259. The highest BCUT2D eigenvalue weighted by Gasteiger charge is 2.27. The average molecular weight is 526 g/mol. The molecular formula is C27H31N3O6S. The lowest BCUT2D eigenvalue weighted by Crippen LogP contribution is -2.40. The lowest BCUT2D eigenvalue weighted by Gasteiger charge is -2.22. The minimum absolute atomic E-state index is 0.0103. The summed E-state index contributed by atoms with van der Waals surface area (Å²) in [4.78, 5) is 12.7. The number of hydrazone groups is 1. The maximum atomic E-state index is 13.5. The van der Waals surface area contributed by atoms with E-state index in [4.69, 9.17) is 14.2 Å². The van der Waals surface area contributed by atoms with Crippen LogP contribution in [0.4, 0.5) is 0 Å². The van der Waals surface area contributed by atoms with Gasteiger partial charge in [-0.3, -0.25) is 4.79 Å². The van der Waals surface area contributed by atoms with Gasteiger partial charge in [0.1, 0.15) is 5.75 Å². The molecule has 3 aromatic carbocycles. The molecule has 1 amide bonds. The zero-order valence-corrected chi connectivity index (χ0v) is 21.9. The molecule has 37 heavy (non-hydrogen) atoms. The third-order valence-corrected chi connectivity index (χ3v) is 7.24. The van der Waals surface area contributed by atoms with E-state index in [0.29, 0.717) is 18.8 Å². The van der Waals surface area contributed by atoms with Gasteiger partial charge in [-0.1, -0.05) is 30.3 Å². The van der Waals surface area contributed by atoms with Crippen molar-refractivity contribution in [3.63, 3.8) is 0 Å². The van der Waals surface area contributed by atoms with Gasteiger partial charge in [0.15, 0.2) is 11.5 Å². The van der Waals surface area contributed by atoms with E-state index in [1.807, 2.05) is 37.3 Å². The first-order valence-electron chi connectivity index (χ1n) is 11.7. The molecule has 3 rings (SSSR count). The molecule has 0 bridgehead atoms. The molecule has 0 fully saturated rings. The third kappa shape index (κ3) is 7.80. The topological polar surface area (TPSA) is 107 Å². The van der Waals surface area contributed by atoms with E-state index >= 15 is 0 Å². The Hall–Kier alpha value is -3.89. The van der Waals surface area contributed by atoms with Gasteiger partial charge in [0, 0.05) is 12.6 Å². The molecule has 0 atom stereocenters. The Bertz CT molecular complexity index is 1300. The molecule has 0 unspecified atom stereocenters. The lowest BCUT2D eigenvalue weighted by molar-refractivity contribution is -0.121. The van der Waals surface area contributed by atoms with E-state index in [2.05, 4.69) is 10.5 Å². The van der Waals surface area contributed by atoms with Crippen LogP contribution in [0.25, 0.3) is 0 Å². The SMILES string of the molecule is CCOc1ccc(/C=N\NC(=O)CN(CCc2ccccc2)S(=O)(=O)c2ccc(OC)c(OC)c2)cc1. The Morgan fingerprint density at radius 3 is 2.32 bits per heavy atom. The van der Waals surface area contributed by atoms with E-state index < -0.39 is 22.5 Å². The van der Waals surface area contributed by atoms with Gasteiger partial charge in [0.05, 0.1) is 38.5 Å².